The number of nitrogens with one attached hydrogen (secondary N) is 1. The molecule has 0 saturated carbocycles. The number of aromatic nitrogens is 1. The van der Waals surface area contributed by atoms with Crippen molar-refractivity contribution in [1.82, 2.24) is 4.98 Å². The van der Waals surface area contributed by atoms with Crippen LogP contribution in [-0.4, -0.2) is 16.1 Å². The summed E-state index contributed by atoms with van der Waals surface area (Å²) in [5.74, 6) is -3.27. The number of fused-ring (bicyclic) bond motifs is 1. The Labute approximate surface area is 93.5 Å². The van der Waals surface area contributed by atoms with Crippen LogP contribution in [0.3, 0.4) is 0 Å². The number of carboxylic acids is 1. The lowest BCUT2D eigenvalue weighted by Crippen LogP contribution is -2.17. The Morgan fingerprint density at radius 3 is 2.59 bits per heavy atom. The highest BCUT2D eigenvalue weighted by molar-refractivity contribution is 5.93. The van der Waals surface area contributed by atoms with E-state index in [4.69, 9.17) is 5.11 Å². The molecule has 0 fully saturated rings. The zero-order chi connectivity index (χ0) is 12.7. The molecule has 0 unspecified atom stereocenters. The van der Waals surface area contributed by atoms with E-state index in [2.05, 4.69) is 4.98 Å². The number of aryl methyl sites for hydroxylation is 1. The first-order chi connectivity index (χ1) is 7.93. The summed E-state index contributed by atoms with van der Waals surface area (Å²) in [4.78, 5) is 24.9. The molecule has 0 aliphatic heterocycles. The third kappa shape index (κ3) is 1.57. The van der Waals surface area contributed by atoms with Gasteiger partial charge in [0.1, 0.15) is 17.2 Å². The molecular weight excluding hydrogens is 232 g/mol. The van der Waals surface area contributed by atoms with Gasteiger partial charge in [-0.2, -0.15) is 0 Å². The van der Waals surface area contributed by atoms with Gasteiger partial charge in [-0.25, -0.2) is 13.6 Å². The van der Waals surface area contributed by atoms with Gasteiger partial charge in [0.05, 0.1) is 10.9 Å². The van der Waals surface area contributed by atoms with Gasteiger partial charge in [0.25, 0.3) is 0 Å². The fourth-order valence-electron chi connectivity index (χ4n) is 1.65. The van der Waals surface area contributed by atoms with Crippen molar-refractivity contribution in [2.45, 2.75) is 6.92 Å². The first-order valence-electron chi connectivity index (χ1n) is 4.66. The van der Waals surface area contributed by atoms with E-state index >= 15 is 0 Å². The summed E-state index contributed by atoms with van der Waals surface area (Å²) in [5.41, 5.74) is -1.72. The highest BCUT2D eigenvalue weighted by atomic mass is 19.1. The maximum Gasteiger partial charge on any atom is 0.341 e. The largest absolute Gasteiger partial charge is 0.477 e. The van der Waals surface area contributed by atoms with E-state index < -0.39 is 28.6 Å². The lowest BCUT2D eigenvalue weighted by Gasteiger charge is -2.05. The molecule has 0 radical (unpaired) electrons. The number of aromatic carboxylic acids is 1. The second kappa shape index (κ2) is 3.65. The SMILES string of the molecule is Cc1c(F)cc(F)c2[nH]cc(C(=O)O)c(=O)c12. The minimum Gasteiger partial charge on any atom is -0.477 e. The predicted octanol–water partition coefficient (Wildman–Crippen LogP) is 1.81. The summed E-state index contributed by atoms with van der Waals surface area (Å²) >= 11 is 0. The van der Waals surface area contributed by atoms with Gasteiger partial charge in [-0.05, 0) is 12.5 Å². The zero-order valence-electron chi connectivity index (χ0n) is 8.67. The van der Waals surface area contributed by atoms with Gasteiger partial charge in [-0.15, -0.1) is 0 Å². The molecule has 88 valence electrons. The Morgan fingerprint density at radius 1 is 1.35 bits per heavy atom. The summed E-state index contributed by atoms with van der Waals surface area (Å²) in [7, 11) is 0. The number of carboxylic acid groups (broad SMARTS) is 1. The highest BCUT2D eigenvalue weighted by Crippen LogP contribution is 2.20. The van der Waals surface area contributed by atoms with Crippen LogP contribution in [-0.2, 0) is 0 Å². The summed E-state index contributed by atoms with van der Waals surface area (Å²) in [5, 5.41) is 8.47. The van der Waals surface area contributed by atoms with Crippen molar-refractivity contribution in [2.75, 3.05) is 0 Å². The topological polar surface area (TPSA) is 70.2 Å². The second-order valence-corrected chi connectivity index (χ2v) is 3.55. The third-order valence-electron chi connectivity index (χ3n) is 2.54. The van der Waals surface area contributed by atoms with Gasteiger partial charge in [0.15, 0.2) is 0 Å². The number of H-pyrrole nitrogens is 1. The maximum atomic E-state index is 13.4. The van der Waals surface area contributed by atoms with Crippen molar-refractivity contribution >= 4 is 16.9 Å². The van der Waals surface area contributed by atoms with Gasteiger partial charge >= 0.3 is 5.97 Å². The molecule has 0 aliphatic rings. The molecule has 1 heterocycles. The minimum atomic E-state index is -1.45. The van der Waals surface area contributed by atoms with Gasteiger partial charge < -0.3 is 10.1 Å². The predicted molar refractivity (Wildman–Crippen MR) is 56.2 cm³/mol. The lowest BCUT2D eigenvalue weighted by atomic mass is 10.1. The van der Waals surface area contributed by atoms with Crippen LogP contribution in [0.1, 0.15) is 15.9 Å². The normalized spacial score (nSPS) is 10.8. The summed E-state index contributed by atoms with van der Waals surface area (Å²) in [6, 6.07) is 0.647. The standard InChI is InChI=1S/C11H7F2NO3/c1-4-6(12)2-7(13)9-8(4)10(15)5(3-14-9)11(16)17/h2-3H,1H3,(H,14,15)(H,16,17). The number of hydrogen-bond acceptors (Lipinski definition) is 2. The molecule has 2 N–H and O–H groups in total. The molecule has 0 bridgehead atoms. The number of rotatable bonds is 1. The van der Waals surface area contributed by atoms with Gasteiger partial charge in [0, 0.05) is 12.3 Å². The molecule has 0 saturated heterocycles. The van der Waals surface area contributed by atoms with E-state index in [-0.39, 0.29) is 16.5 Å². The molecule has 0 aliphatic carbocycles. The number of halogens is 2. The minimum absolute atomic E-state index is 0.0780. The molecule has 0 spiro atoms. The molecule has 17 heavy (non-hydrogen) atoms. The van der Waals surface area contributed by atoms with E-state index in [1.54, 1.807) is 0 Å². The number of carbonyl (C=O) groups is 1. The average Bonchev–Trinajstić information content (AvgIpc) is 2.25. The zero-order valence-corrected chi connectivity index (χ0v) is 8.67. The Bertz CT molecular complexity index is 691. The Kier molecular flexibility index (Phi) is 2.42. The Hall–Kier alpha value is -2.24. The molecule has 2 rings (SSSR count). The summed E-state index contributed by atoms with van der Waals surface area (Å²) < 4.78 is 26.7. The van der Waals surface area contributed by atoms with E-state index in [1.807, 2.05) is 0 Å². The van der Waals surface area contributed by atoms with Crippen LogP contribution < -0.4 is 5.43 Å². The van der Waals surface area contributed by atoms with Crippen molar-refractivity contribution < 1.29 is 18.7 Å². The molecule has 0 amide bonds. The van der Waals surface area contributed by atoms with E-state index in [1.165, 1.54) is 6.92 Å². The monoisotopic (exact) mass is 239 g/mol. The summed E-state index contributed by atoms with van der Waals surface area (Å²) in [6.45, 7) is 1.29. The molecule has 1 aromatic carbocycles. The Morgan fingerprint density at radius 2 is 2.00 bits per heavy atom. The van der Waals surface area contributed by atoms with Crippen molar-refractivity contribution in [3.8, 4) is 0 Å². The van der Waals surface area contributed by atoms with Crippen LogP contribution in [0.2, 0.25) is 0 Å². The summed E-state index contributed by atoms with van der Waals surface area (Å²) in [6.07, 6.45) is 0.896. The number of pyridine rings is 1. The average molecular weight is 239 g/mol. The second-order valence-electron chi connectivity index (χ2n) is 3.55. The first kappa shape index (κ1) is 11.3. The van der Waals surface area contributed by atoms with Crippen LogP contribution in [0.5, 0.6) is 0 Å². The fourth-order valence-corrected chi connectivity index (χ4v) is 1.65. The van der Waals surface area contributed by atoms with Crippen molar-refractivity contribution in [3.05, 3.63) is 45.2 Å². The maximum absolute atomic E-state index is 13.4. The number of aromatic amines is 1. The van der Waals surface area contributed by atoms with E-state index in [0.29, 0.717) is 6.07 Å². The highest BCUT2D eigenvalue weighted by Gasteiger charge is 2.17. The van der Waals surface area contributed by atoms with Crippen LogP contribution >= 0.6 is 0 Å². The van der Waals surface area contributed by atoms with Crippen molar-refractivity contribution in [3.63, 3.8) is 0 Å². The Balaban J connectivity index is 3.04. The fraction of sp³-hybridized carbons (Fsp3) is 0.0909. The van der Waals surface area contributed by atoms with Crippen LogP contribution in [0.25, 0.3) is 10.9 Å². The third-order valence-corrected chi connectivity index (χ3v) is 2.54. The van der Waals surface area contributed by atoms with Gasteiger partial charge in [0.2, 0.25) is 5.43 Å². The molecule has 2 aromatic rings. The van der Waals surface area contributed by atoms with Crippen molar-refractivity contribution in [2.24, 2.45) is 0 Å². The van der Waals surface area contributed by atoms with Gasteiger partial charge in [-0.3, -0.25) is 4.79 Å². The molecule has 6 heteroatoms. The quantitative estimate of drug-likeness (QED) is 0.797. The number of benzene rings is 1. The van der Waals surface area contributed by atoms with E-state index in [0.717, 1.165) is 6.20 Å². The first-order valence-corrected chi connectivity index (χ1v) is 4.66. The molecular formula is C11H7F2NO3. The van der Waals surface area contributed by atoms with Crippen molar-refractivity contribution in [1.29, 1.82) is 0 Å². The molecule has 4 nitrogen and oxygen atoms in total. The smallest absolute Gasteiger partial charge is 0.341 e. The van der Waals surface area contributed by atoms with Crippen LogP contribution in [0.15, 0.2) is 17.1 Å². The van der Waals surface area contributed by atoms with Gasteiger partial charge in [-0.1, -0.05) is 0 Å². The molecule has 0 atom stereocenters. The molecule has 1 aromatic heterocycles. The number of hydrogen-bond donors (Lipinski definition) is 2. The van der Waals surface area contributed by atoms with Crippen LogP contribution in [0, 0.1) is 18.6 Å². The van der Waals surface area contributed by atoms with Crippen LogP contribution in [0.4, 0.5) is 8.78 Å². The van der Waals surface area contributed by atoms with E-state index in [9.17, 15) is 18.4 Å². The lowest BCUT2D eigenvalue weighted by molar-refractivity contribution is 0.0695.